The minimum atomic E-state index is 0.411. The van der Waals surface area contributed by atoms with Crippen molar-refractivity contribution >= 4 is 17.8 Å². The number of hydrogen-bond acceptors (Lipinski definition) is 4. The van der Waals surface area contributed by atoms with Gasteiger partial charge in [0.15, 0.2) is 0 Å². The van der Waals surface area contributed by atoms with Crippen molar-refractivity contribution in [2.24, 2.45) is 4.99 Å². The van der Waals surface area contributed by atoms with Crippen LogP contribution in [0.25, 0.3) is 0 Å². The molecule has 0 saturated carbocycles. The van der Waals surface area contributed by atoms with Crippen molar-refractivity contribution in [1.82, 2.24) is 10.2 Å². The molecule has 0 unspecified atom stereocenters. The van der Waals surface area contributed by atoms with Gasteiger partial charge in [-0.1, -0.05) is 0 Å². The van der Waals surface area contributed by atoms with E-state index >= 15 is 0 Å². The van der Waals surface area contributed by atoms with E-state index in [1.54, 1.807) is 6.19 Å². The Morgan fingerprint density at radius 1 is 1.55 bits per heavy atom. The summed E-state index contributed by atoms with van der Waals surface area (Å²) in [5, 5.41) is 11.8. The highest BCUT2D eigenvalue weighted by Crippen LogP contribution is 1.93. The van der Waals surface area contributed by atoms with Crippen LogP contribution in [0.15, 0.2) is 4.99 Å². The number of hydrogen-bond donors (Lipinski definition) is 1. The fraction of sp³-hybridized carbons (Fsp3) is 0.667. The third-order valence-electron chi connectivity index (χ3n) is 1.53. The quantitative estimate of drug-likeness (QED) is 0.225. The van der Waals surface area contributed by atoms with Crippen LogP contribution in [-0.2, 0) is 12.6 Å². The summed E-state index contributed by atoms with van der Waals surface area (Å²) < 4.78 is 0. The van der Waals surface area contributed by atoms with Gasteiger partial charge in [-0.15, -0.1) is 0 Å². The van der Waals surface area contributed by atoms with Gasteiger partial charge in [-0.05, 0) is 5.17 Å². The standard InChI is InChI=1S/C6H10N4S/c7-5-9-6(11)10-3-1-8-2-4-10/h8H,1-4H2,(H,9,11)/p-1. The van der Waals surface area contributed by atoms with Crippen molar-refractivity contribution in [3.05, 3.63) is 0 Å². The number of piperazine rings is 1. The molecule has 0 aliphatic carbocycles. The Hall–Kier alpha value is -0.860. The number of nitrogens with zero attached hydrogens (tertiary/aromatic N) is 3. The molecule has 0 amide bonds. The Bertz CT molecular complexity index is 189. The average molecular weight is 169 g/mol. The molecule has 0 radical (unpaired) electrons. The lowest BCUT2D eigenvalue weighted by atomic mass is 10.4. The van der Waals surface area contributed by atoms with E-state index in [0.29, 0.717) is 5.17 Å². The van der Waals surface area contributed by atoms with Gasteiger partial charge < -0.3 is 22.8 Å². The smallest absolute Gasteiger partial charge is 0.205 e. The third-order valence-corrected chi connectivity index (χ3v) is 1.88. The number of nitriles is 1. The summed E-state index contributed by atoms with van der Waals surface area (Å²) >= 11 is 4.88. The van der Waals surface area contributed by atoms with E-state index in [9.17, 15) is 0 Å². The molecule has 4 nitrogen and oxygen atoms in total. The van der Waals surface area contributed by atoms with Crippen LogP contribution in [-0.4, -0.2) is 36.2 Å². The van der Waals surface area contributed by atoms with Gasteiger partial charge in [0.1, 0.15) is 0 Å². The van der Waals surface area contributed by atoms with Crippen LogP contribution in [0, 0.1) is 11.5 Å². The Balaban J connectivity index is 2.46. The summed E-state index contributed by atoms with van der Waals surface area (Å²) in [5.41, 5.74) is 0. The Morgan fingerprint density at radius 3 is 2.73 bits per heavy atom. The maximum absolute atomic E-state index is 8.22. The number of aliphatic imine (C=N–C) groups is 1. The van der Waals surface area contributed by atoms with Crippen molar-refractivity contribution in [3.8, 4) is 6.19 Å². The molecule has 0 aromatic heterocycles. The molecule has 5 heteroatoms. The maximum atomic E-state index is 8.22. The summed E-state index contributed by atoms with van der Waals surface area (Å²) in [6.45, 7) is 3.54. The number of nitrogens with one attached hydrogen (secondary N) is 1. The summed E-state index contributed by atoms with van der Waals surface area (Å²) in [5.74, 6) is 0. The van der Waals surface area contributed by atoms with Crippen molar-refractivity contribution in [1.29, 1.82) is 5.26 Å². The summed E-state index contributed by atoms with van der Waals surface area (Å²) in [6, 6.07) is 0. The molecule has 0 aromatic rings. The molecule has 1 heterocycles. The Morgan fingerprint density at radius 2 is 2.18 bits per heavy atom. The van der Waals surface area contributed by atoms with Crippen LogP contribution >= 0.6 is 0 Å². The molecule has 60 valence electrons. The molecule has 0 atom stereocenters. The maximum Gasteiger partial charge on any atom is 0.205 e. The van der Waals surface area contributed by atoms with Crippen molar-refractivity contribution in [3.63, 3.8) is 0 Å². The van der Waals surface area contributed by atoms with Crippen LogP contribution < -0.4 is 5.32 Å². The van der Waals surface area contributed by atoms with Crippen LogP contribution in [0.2, 0.25) is 0 Å². The van der Waals surface area contributed by atoms with E-state index in [1.807, 2.05) is 4.90 Å². The van der Waals surface area contributed by atoms with Crippen molar-refractivity contribution < 1.29 is 0 Å². The van der Waals surface area contributed by atoms with Gasteiger partial charge in [0.2, 0.25) is 6.19 Å². The Kier molecular flexibility index (Phi) is 3.08. The van der Waals surface area contributed by atoms with E-state index in [-0.39, 0.29) is 0 Å². The van der Waals surface area contributed by atoms with Gasteiger partial charge >= 0.3 is 0 Å². The zero-order valence-corrected chi connectivity index (χ0v) is 6.89. The average Bonchev–Trinajstić information content (AvgIpc) is 2.07. The van der Waals surface area contributed by atoms with E-state index in [0.717, 1.165) is 26.2 Å². The minimum Gasteiger partial charge on any atom is -0.742 e. The van der Waals surface area contributed by atoms with Crippen LogP contribution in [0.4, 0.5) is 0 Å². The largest absolute Gasteiger partial charge is 0.742 e. The molecule has 1 aliphatic heterocycles. The normalized spacial score (nSPS) is 19.5. The van der Waals surface area contributed by atoms with Crippen molar-refractivity contribution in [2.75, 3.05) is 26.2 Å². The van der Waals surface area contributed by atoms with Gasteiger partial charge in [-0.2, -0.15) is 10.3 Å². The lowest BCUT2D eigenvalue weighted by molar-refractivity contribution is 0.363. The molecule has 1 saturated heterocycles. The molecule has 1 N–H and O–H groups in total. The molecule has 1 rings (SSSR count). The topological polar surface area (TPSA) is 51.4 Å². The van der Waals surface area contributed by atoms with Crippen LogP contribution in [0.5, 0.6) is 0 Å². The molecule has 0 bridgehead atoms. The molecule has 0 aromatic carbocycles. The second kappa shape index (κ2) is 4.11. The molecular weight excluding hydrogens is 160 g/mol. The highest BCUT2D eigenvalue weighted by molar-refractivity contribution is 7.77. The SMILES string of the molecule is N#CN=C([S-])N1CCNCC1. The molecule has 0 spiro atoms. The highest BCUT2D eigenvalue weighted by atomic mass is 32.1. The predicted octanol–water partition coefficient (Wildman–Crippen LogP) is -0.724. The van der Waals surface area contributed by atoms with Gasteiger partial charge in [0.05, 0.1) is 0 Å². The molecule has 11 heavy (non-hydrogen) atoms. The lowest BCUT2D eigenvalue weighted by Crippen LogP contribution is -2.45. The first-order chi connectivity index (χ1) is 5.34. The number of rotatable bonds is 0. The Labute approximate surface area is 71.3 Å². The van der Waals surface area contributed by atoms with E-state index in [2.05, 4.69) is 10.3 Å². The van der Waals surface area contributed by atoms with E-state index in [1.165, 1.54) is 0 Å². The first-order valence-electron chi connectivity index (χ1n) is 3.44. The van der Waals surface area contributed by atoms with E-state index in [4.69, 9.17) is 17.9 Å². The van der Waals surface area contributed by atoms with Gasteiger partial charge in [-0.3, -0.25) is 0 Å². The third kappa shape index (κ3) is 2.33. The van der Waals surface area contributed by atoms with Crippen molar-refractivity contribution in [2.45, 2.75) is 0 Å². The summed E-state index contributed by atoms with van der Waals surface area (Å²) in [6.07, 6.45) is 1.69. The summed E-state index contributed by atoms with van der Waals surface area (Å²) in [4.78, 5) is 5.41. The zero-order valence-electron chi connectivity index (χ0n) is 6.08. The molecular formula is C6H9N4S-. The first kappa shape index (κ1) is 8.24. The second-order valence-electron chi connectivity index (χ2n) is 2.23. The molecule has 1 aliphatic rings. The predicted molar refractivity (Wildman–Crippen MR) is 44.9 cm³/mol. The summed E-state index contributed by atoms with van der Waals surface area (Å²) in [7, 11) is 0. The van der Waals surface area contributed by atoms with E-state index < -0.39 is 0 Å². The monoisotopic (exact) mass is 169 g/mol. The second-order valence-corrected chi connectivity index (χ2v) is 2.60. The molecule has 1 fully saturated rings. The lowest BCUT2D eigenvalue weighted by Gasteiger charge is -2.33. The van der Waals surface area contributed by atoms with Gasteiger partial charge in [0.25, 0.3) is 0 Å². The minimum absolute atomic E-state index is 0.411. The van der Waals surface area contributed by atoms with Gasteiger partial charge in [0, 0.05) is 26.2 Å². The first-order valence-corrected chi connectivity index (χ1v) is 3.85. The zero-order chi connectivity index (χ0) is 8.10. The fourth-order valence-corrected chi connectivity index (χ4v) is 1.19. The van der Waals surface area contributed by atoms with Gasteiger partial charge in [-0.25, -0.2) is 0 Å². The fourth-order valence-electron chi connectivity index (χ4n) is 0.970. The van der Waals surface area contributed by atoms with Crippen LogP contribution in [0.1, 0.15) is 0 Å². The highest BCUT2D eigenvalue weighted by Gasteiger charge is 2.05. The number of amidine groups is 1. The van der Waals surface area contributed by atoms with Crippen LogP contribution in [0.3, 0.4) is 0 Å².